The number of carbonyl (C=O) groups is 2. The lowest BCUT2D eigenvalue weighted by atomic mass is 9.92. The summed E-state index contributed by atoms with van der Waals surface area (Å²) in [5.74, 6) is 0.333. The van der Waals surface area contributed by atoms with Crippen LogP contribution in [-0.4, -0.2) is 36.5 Å². The van der Waals surface area contributed by atoms with Crippen LogP contribution in [0.1, 0.15) is 32.0 Å². The second kappa shape index (κ2) is 10.0. The number of anilines is 2. The summed E-state index contributed by atoms with van der Waals surface area (Å²) in [4.78, 5) is 22.4. The van der Waals surface area contributed by atoms with E-state index < -0.39 is 26.9 Å². The highest BCUT2D eigenvalue weighted by atomic mass is 32.2. The molecular weight excluding hydrogens is 518 g/mol. The maximum atomic E-state index is 12.9. The van der Waals surface area contributed by atoms with E-state index >= 15 is 0 Å². The van der Waals surface area contributed by atoms with Crippen LogP contribution in [0.15, 0.2) is 72.8 Å². The zero-order valence-electron chi connectivity index (χ0n) is 22.0. The third-order valence-electron chi connectivity index (χ3n) is 6.14. The number of fused-ring (bicyclic) bond motifs is 1. The zero-order valence-corrected chi connectivity index (χ0v) is 22.8. The molecule has 39 heavy (non-hydrogen) atoms. The number of amides is 4. The van der Waals surface area contributed by atoms with Crippen LogP contribution in [0.5, 0.6) is 0 Å². The van der Waals surface area contributed by atoms with Crippen molar-refractivity contribution >= 4 is 44.2 Å². The van der Waals surface area contributed by atoms with Crippen LogP contribution in [-0.2, 0) is 20.2 Å². The van der Waals surface area contributed by atoms with Crippen molar-refractivity contribution in [2.75, 3.05) is 16.9 Å². The molecule has 0 spiro atoms. The molecule has 0 saturated heterocycles. The predicted molar refractivity (Wildman–Crippen MR) is 152 cm³/mol. The maximum Gasteiger partial charge on any atom is 0.324 e. The molecule has 11 nitrogen and oxygen atoms in total. The number of benzene rings is 3. The number of sulfone groups is 1. The molecule has 7 N–H and O–H groups in total. The molecule has 4 rings (SSSR count). The molecule has 0 aliphatic rings. The largest absolute Gasteiger partial charge is 0.352 e. The summed E-state index contributed by atoms with van der Waals surface area (Å²) in [5.41, 5.74) is 13.1. The van der Waals surface area contributed by atoms with E-state index in [2.05, 4.69) is 16.0 Å². The first kappa shape index (κ1) is 27.6. The van der Waals surface area contributed by atoms with Crippen LogP contribution < -0.4 is 27.4 Å². The van der Waals surface area contributed by atoms with Crippen LogP contribution in [0.3, 0.4) is 0 Å². The lowest BCUT2D eigenvalue weighted by Crippen LogP contribution is -2.59. The fraction of sp³-hybridized carbons (Fsp3) is 0.222. The zero-order chi connectivity index (χ0) is 28.6. The summed E-state index contributed by atoms with van der Waals surface area (Å²) in [6, 6.07) is 19.4. The molecule has 4 amide bonds. The molecule has 0 radical (unpaired) electrons. The van der Waals surface area contributed by atoms with Gasteiger partial charge in [0.25, 0.3) is 0 Å². The molecule has 1 atom stereocenters. The van der Waals surface area contributed by atoms with Crippen molar-refractivity contribution in [3.05, 3.63) is 84.1 Å². The van der Waals surface area contributed by atoms with Gasteiger partial charge in [-0.05, 0) is 35.0 Å². The van der Waals surface area contributed by atoms with Gasteiger partial charge in [0.05, 0.1) is 11.4 Å². The Bertz CT molecular complexity index is 1660. The fourth-order valence-corrected chi connectivity index (χ4v) is 4.96. The van der Waals surface area contributed by atoms with Gasteiger partial charge >= 0.3 is 12.1 Å². The van der Waals surface area contributed by atoms with Gasteiger partial charge in [0.2, 0.25) is 4.99 Å². The van der Waals surface area contributed by atoms with E-state index in [-0.39, 0.29) is 11.0 Å². The maximum absolute atomic E-state index is 12.9. The van der Waals surface area contributed by atoms with Gasteiger partial charge < -0.3 is 16.4 Å². The van der Waals surface area contributed by atoms with E-state index in [0.29, 0.717) is 33.7 Å². The molecule has 0 bridgehead atoms. The summed E-state index contributed by atoms with van der Waals surface area (Å²) in [6.07, 6.45) is 0.914. The first-order valence-electron chi connectivity index (χ1n) is 12.0. The third kappa shape index (κ3) is 5.71. The molecule has 3 aromatic carbocycles. The second-order valence-electron chi connectivity index (χ2n) is 10.2. The SMILES string of the molecule is CC(C)(C)c1cc(NC(=O)Nc2ccccc2)n(-c2cc(C(N)(NC(N)=O)S(C)(=O)=O)c3ccccc3c2)n1. The Hall–Kier alpha value is -4.42. The lowest BCUT2D eigenvalue weighted by Gasteiger charge is -2.30. The first-order chi connectivity index (χ1) is 18.2. The Morgan fingerprint density at radius 2 is 1.56 bits per heavy atom. The normalized spacial score (nSPS) is 13.5. The molecule has 1 heterocycles. The molecular formula is C27H31N7O4S. The van der Waals surface area contributed by atoms with Gasteiger partial charge in [0, 0.05) is 29.0 Å². The average molecular weight is 550 g/mol. The summed E-state index contributed by atoms with van der Waals surface area (Å²) in [6.45, 7) is 5.93. The summed E-state index contributed by atoms with van der Waals surface area (Å²) < 4.78 is 27.3. The van der Waals surface area contributed by atoms with E-state index in [9.17, 15) is 18.0 Å². The van der Waals surface area contributed by atoms with E-state index in [1.54, 1.807) is 60.7 Å². The minimum absolute atomic E-state index is 0.0874. The molecule has 0 aliphatic carbocycles. The second-order valence-corrected chi connectivity index (χ2v) is 12.4. The number of rotatable bonds is 6. The smallest absolute Gasteiger partial charge is 0.324 e. The first-order valence-corrected chi connectivity index (χ1v) is 13.9. The topological polar surface area (TPSA) is 174 Å². The van der Waals surface area contributed by atoms with E-state index in [1.165, 1.54) is 10.7 Å². The average Bonchev–Trinajstić information content (AvgIpc) is 3.27. The number of nitrogens with one attached hydrogen (secondary N) is 3. The Morgan fingerprint density at radius 3 is 2.18 bits per heavy atom. The number of nitrogens with two attached hydrogens (primary N) is 2. The van der Waals surface area contributed by atoms with Gasteiger partial charge in [-0.25, -0.2) is 22.7 Å². The van der Waals surface area contributed by atoms with E-state index in [1.807, 2.05) is 26.8 Å². The van der Waals surface area contributed by atoms with Crippen LogP contribution >= 0.6 is 0 Å². The minimum atomic E-state index is -4.13. The molecule has 0 saturated carbocycles. The van der Waals surface area contributed by atoms with Crippen LogP contribution in [0, 0.1) is 0 Å². The molecule has 1 unspecified atom stereocenters. The quantitative estimate of drug-likeness (QED) is 0.229. The molecule has 12 heteroatoms. The lowest BCUT2D eigenvalue weighted by molar-refractivity contribution is 0.242. The summed E-state index contributed by atoms with van der Waals surface area (Å²) >= 11 is 0. The van der Waals surface area contributed by atoms with Crippen molar-refractivity contribution < 1.29 is 18.0 Å². The van der Waals surface area contributed by atoms with Crippen molar-refractivity contribution in [2.24, 2.45) is 11.5 Å². The number of aromatic nitrogens is 2. The highest BCUT2D eigenvalue weighted by Gasteiger charge is 2.41. The number of primary amides is 1. The van der Waals surface area contributed by atoms with E-state index in [4.69, 9.17) is 16.6 Å². The number of carbonyl (C=O) groups excluding carboxylic acids is 2. The minimum Gasteiger partial charge on any atom is -0.352 e. The monoisotopic (exact) mass is 549 g/mol. The van der Waals surface area contributed by atoms with Crippen molar-refractivity contribution in [1.82, 2.24) is 15.1 Å². The van der Waals surface area contributed by atoms with Gasteiger partial charge in [-0.3, -0.25) is 11.1 Å². The number of nitrogens with zero attached hydrogens (tertiary/aromatic N) is 2. The number of urea groups is 2. The van der Waals surface area contributed by atoms with Crippen molar-refractivity contribution in [3.63, 3.8) is 0 Å². The highest BCUT2D eigenvalue weighted by Crippen LogP contribution is 2.34. The van der Waals surface area contributed by atoms with Gasteiger partial charge in [-0.1, -0.05) is 63.2 Å². The Balaban J connectivity index is 1.91. The van der Waals surface area contributed by atoms with Crippen LogP contribution in [0.4, 0.5) is 21.1 Å². The summed E-state index contributed by atoms with van der Waals surface area (Å²) in [5, 5.41) is 13.7. The third-order valence-corrected chi connectivity index (χ3v) is 7.63. The van der Waals surface area contributed by atoms with E-state index in [0.717, 1.165) is 6.26 Å². The number of hydrogen-bond donors (Lipinski definition) is 5. The molecule has 0 aliphatic heterocycles. The Labute approximate surface area is 226 Å². The fourth-order valence-electron chi connectivity index (χ4n) is 4.10. The van der Waals surface area contributed by atoms with Gasteiger partial charge in [0.1, 0.15) is 5.82 Å². The van der Waals surface area contributed by atoms with Crippen molar-refractivity contribution in [3.8, 4) is 5.69 Å². The van der Waals surface area contributed by atoms with Gasteiger partial charge in [-0.2, -0.15) is 5.10 Å². The molecule has 0 fully saturated rings. The van der Waals surface area contributed by atoms with Crippen LogP contribution in [0.25, 0.3) is 16.5 Å². The molecule has 1 aromatic heterocycles. The van der Waals surface area contributed by atoms with Gasteiger partial charge in [0.15, 0.2) is 9.84 Å². The number of hydrogen-bond acceptors (Lipinski definition) is 6. The number of para-hydroxylation sites is 1. The van der Waals surface area contributed by atoms with Crippen molar-refractivity contribution in [1.29, 1.82) is 0 Å². The van der Waals surface area contributed by atoms with Crippen molar-refractivity contribution in [2.45, 2.75) is 31.2 Å². The Kier molecular flexibility index (Phi) is 7.11. The van der Waals surface area contributed by atoms with Gasteiger partial charge in [-0.15, -0.1) is 0 Å². The highest BCUT2D eigenvalue weighted by molar-refractivity contribution is 7.91. The standard InChI is InChI=1S/C27H31N7O4S/c1-26(2,3)22-16-23(31-25(36)30-18-11-6-5-7-12-18)34(33-22)19-14-17-10-8-9-13-20(17)21(15-19)27(29,32-24(28)35)39(4,37)38/h5-16H,29H2,1-4H3,(H3,28,32,35)(H2,30,31,36). The van der Waals surface area contributed by atoms with Crippen LogP contribution in [0.2, 0.25) is 0 Å². The predicted octanol–water partition coefficient (Wildman–Crippen LogP) is 3.75. The molecule has 4 aromatic rings. The Morgan fingerprint density at radius 1 is 0.923 bits per heavy atom. The summed E-state index contributed by atoms with van der Waals surface area (Å²) in [7, 11) is -4.13. The molecule has 204 valence electrons.